The van der Waals surface area contributed by atoms with E-state index in [9.17, 15) is 21.6 Å². The molecule has 0 amide bonds. The Morgan fingerprint density at radius 3 is 2.48 bits per heavy atom. The minimum atomic E-state index is -3.85. The molecule has 162 valence electrons. The van der Waals surface area contributed by atoms with Crippen LogP contribution in [0.5, 0.6) is 0 Å². The van der Waals surface area contributed by atoms with Gasteiger partial charge in [-0.2, -0.15) is 0 Å². The number of pyridine rings is 1. The van der Waals surface area contributed by atoms with E-state index in [1.165, 1.54) is 39.1 Å². The largest absolute Gasteiger partial charge is 0.386 e. The van der Waals surface area contributed by atoms with Gasteiger partial charge in [0, 0.05) is 11.8 Å². The zero-order valence-corrected chi connectivity index (χ0v) is 17.8. The molecule has 1 aliphatic heterocycles. The highest BCUT2D eigenvalue weighted by atomic mass is 32.2. The van der Waals surface area contributed by atoms with Crippen molar-refractivity contribution in [3.8, 4) is 0 Å². The van der Waals surface area contributed by atoms with E-state index in [2.05, 4.69) is 14.8 Å². The van der Waals surface area contributed by atoms with Crippen molar-refractivity contribution in [1.82, 2.24) is 4.98 Å². The number of benzene rings is 1. The SMILES string of the molecule is [C-]#[N+]c1ccc(/C(F)=C/c2cc(F)c(F)c([C@]3(C)CS(=O)(=O)C(C)(C)C(N)=N3)c2)nc1. The molecular formula is C21H19F3N4O2S. The summed E-state index contributed by atoms with van der Waals surface area (Å²) < 4.78 is 67.6. The summed E-state index contributed by atoms with van der Waals surface area (Å²) in [5, 5.41) is 0. The number of hydrogen-bond acceptors (Lipinski definition) is 5. The lowest BCUT2D eigenvalue weighted by atomic mass is 9.91. The first-order valence-corrected chi connectivity index (χ1v) is 10.7. The maximum Gasteiger partial charge on any atom is 0.205 e. The first-order chi connectivity index (χ1) is 14.3. The Balaban J connectivity index is 2.12. The Morgan fingerprint density at radius 1 is 1.26 bits per heavy atom. The van der Waals surface area contributed by atoms with Crippen LogP contribution in [-0.4, -0.2) is 29.7 Å². The predicted octanol–water partition coefficient (Wildman–Crippen LogP) is 4.16. The molecule has 2 heterocycles. The highest BCUT2D eigenvalue weighted by molar-refractivity contribution is 7.93. The van der Waals surface area contributed by atoms with Gasteiger partial charge in [-0.05, 0) is 50.6 Å². The molecule has 0 spiro atoms. The van der Waals surface area contributed by atoms with E-state index in [4.69, 9.17) is 12.3 Å². The molecule has 0 saturated carbocycles. The zero-order valence-electron chi connectivity index (χ0n) is 16.9. The van der Waals surface area contributed by atoms with Gasteiger partial charge in [-0.15, -0.1) is 0 Å². The van der Waals surface area contributed by atoms with Crippen LogP contribution in [0.25, 0.3) is 16.7 Å². The number of amidine groups is 1. The van der Waals surface area contributed by atoms with Gasteiger partial charge in [-0.25, -0.2) is 26.4 Å². The number of aromatic nitrogens is 1. The Bertz CT molecular complexity index is 1260. The first kappa shape index (κ1) is 22.5. The van der Waals surface area contributed by atoms with E-state index >= 15 is 0 Å². The molecule has 1 atom stereocenters. The highest BCUT2D eigenvalue weighted by Crippen LogP contribution is 2.39. The fourth-order valence-corrected chi connectivity index (χ4v) is 4.86. The zero-order chi connectivity index (χ0) is 23.2. The van der Waals surface area contributed by atoms with Gasteiger partial charge >= 0.3 is 0 Å². The van der Waals surface area contributed by atoms with Crippen molar-refractivity contribution in [3.05, 3.63) is 70.3 Å². The summed E-state index contributed by atoms with van der Waals surface area (Å²) in [4.78, 5) is 11.2. The molecule has 1 aromatic heterocycles. The molecule has 2 N–H and O–H groups in total. The molecule has 0 unspecified atom stereocenters. The van der Waals surface area contributed by atoms with Crippen LogP contribution in [0.15, 0.2) is 35.5 Å². The molecule has 0 aliphatic carbocycles. The fraction of sp³-hybridized carbons (Fsp3) is 0.286. The van der Waals surface area contributed by atoms with Crippen LogP contribution < -0.4 is 5.73 Å². The minimum absolute atomic E-state index is 0.0558. The molecular weight excluding hydrogens is 429 g/mol. The van der Waals surface area contributed by atoms with Gasteiger partial charge in [0.05, 0.1) is 18.0 Å². The average Bonchev–Trinajstić information content (AvgIpc) is 2.68. The number of hydrogen-bond donors (Lipinski definition) is 1. The minimum Gasteiger partial charge on any atom is -0.386 e. The molecule has 0 saturated heterocycles. The number of nitrogens with zero attached hydrogens (tertiary/aromatic N) is 3. The van der Waals surface area contributed by atoms with E-state index in [0.717, 1.165) is 18.2 Å². The molecule has 0 radical (unpaired) electrons. The smallest absolute Gasteiger partial charge is 0.205 e. The second kappa shape index (κ2) is 7.50. The van der Waals surface area contributed by atoms with Gasteiger partial charge in [0.2, 0.25) is 5.69 Å². The number of sulfone groups is 1. The van der Waals surface area contributed by atoms with Crippen LogP contribution in [0, 0.1) is 18.2 Å². The normalized spacial score (nSPS) is 22.5. The van der Waals surface area contributed by atoms with Crippen molar-refractivity contribution in [2.45, 2.75) is 31.1 Å². The predicted molar refractivity (Wildman–Crippen MR) is 113 cm³/mol. The summed E-state index contributed by atoms with van der Waals surface area (Å²) in [6, 6.07) is 4.56. The molecule has 31 heavy (non-hydrogen) atoms. The molecule has 0 bridgehead atoms. The van der Waals surface area contributed by atoms with Gasteiger partial charge in [0.15, 0.2) is 21.5 Å². The third kappa shape index (κ3) is 3.93. The molecule has 6 nitrogen and oxygen atoms in total. The summed E-state index contributed by atoms with van der Waals surface area (Å²) in [5.41, 5.74) is 3.87. The van der Waals surface area contributed by atoms with Crippen LogP contribution in [0.1, 0.15) is 37.6 Å². The number of nitrogens with two attached hydrogens (primary N) is 1. The summed E-state index contributed by atoms with van der Waals surface area (Å²) in [6.07, 6.45) is 2.11. The second-order valence-electron chi connectivity index (χ2n) is 7.91. The summed E-state index contributed by atoms with van der Waals surface area (Å²) in [6.45, 7) is 11.0. The lowest BCUT2D eigenvalue weighted by molar-refractivity contribution is 0.445. The van der Waals surface area contributed by atoms with Crippen LogP contribution in [0.3, 0.4) is 0 Å². The number of aliphatic imine (C=N–C) groups is 1. The number of rotatable bonds is 3. The molecule has 1 aromatic carbocycles. The maximum absolute atomic E-state index is 14.7. The molecule has 1 aliphatic rings. The highest BCUT2D eigenvalue weighted by Gasteiger charge is 2.49. The standard InChI is InChI=1S/C21H19F3N4O2S/c1-20(2)19(25)28-21(3,11-31(20,29)30)14-7-12(9-16(23)18(14)24)8-15(22)17-6-5-13(26-4)10-27-17/h5-10H,11H2,1-3H3,(H2,25,28)/b15-8-/t21-/m0/s1. The van der Waals surface area contributed by atoms with Gasteiger partial charge in [0.25, 0.3) is 0 Å². The lowest BCUT2D eigenvalue weighted by Crippen LogP contribution is -2.55. The van der Waals surface area contributed by atoms with Crippen molar-refractivity contribution in [1.29, 1.82) is 0 Å². The Labute approximate surface area is 178 Å². The van der Waals surface area contributed by atoms with E-state index in [-0.39, 0.29) is 28.3 Å². The number of halogens is 3. The molecule has 10 heteroatoms. The van der Waals surface area contributed by atoms with E-state index in [1.807, 2.05) is 0 Å². The summed E-state index contributed by atoms with van der Waals surface area (Å²) in [7, 11) is -3.85. The third-order valence-corrected chi connectivity index (χ3v) is 7.98. The average molecular weight is 448 g/mol. The topological polar surface area (TPSA) is 89.8 Å². The monoisotopic (exact) mass is 448 g/mol. The fourth-order valence-electron chi connectivity index (χ4n) is 3.18. The van der Waals surface area contributed by atoms with Crippen LogP contribution in [0.2, 0.25) is 0 Å². The van der Waals surface area contributed by atoms with Gasteiger partial charge in [0.1, 0.15) is 21.9 Å². The van der Waals surface area contributed by atoms with Gasteiger partial charge in [-0.1, -0.05) is 6.07 Å². The molecule has 0 fully saturated rings. The summed E-state index contributed by atoms with van der Waals surface area (Å²) in [5.74, 6) is -4.24. The van der Waals surface area contributed by atoms with Crippen molar-refractivity contribution >= 4 is 33.3 Å². The summed E-state index contributed by atoms with van der Waals surface area (Å²) >= 11 is 0. The van der Waals surface area contributed by atoms with Crippen molar-refractivity contribution in [2.24, 2.45) is 10.7 Å². The van der Waals surface area contributed by atoms with Crippen molar-refractivity contribution < 1.29 is 21.6 Å². The second-order valence-corrected chi connectivity index (χ2v) is 10.4. The maximum atomic E-state index is 14.7. The third-order valence-electron chi connectivity index (χ3n) is 5.28. The quantitative estimate of drug-likeness (QED) is 0.714. The van der Waals surface area contributed by atoms with E-state index in [1.54, 1.807) is 0 Å². The van der Waals surface area contributed by atoms with Gasteiger partial charge in [-0.3, -0.25) is 9.98 Å². The van der Waals surface area contributed by atoms with Crippen molar-refractivity contribution in [3.63, 3.8) is 0 Å². The van der Waals surface area contributed by atoms with Gasteiger partial charge < -0.3 is 5.73 Å². The Hall–Kier alpha value is -3.19. The van der Waals surface area contributed by atoms with E-state index < -0.39 is 43.3 Å². The molecule has 2 aromatic rings. The lowest BCUT2D eigenvalue weighted by Gasteiger charge is -2.38. The van der Waals surface area contributed by atoms with E-state index in [0.29, 0.717) is 0 Å². The first-order valence-electron chi connectivity index (χ1n) is 9.09. The van der Waals surface area contributed by atoms with Crippen LogP contribution in [0.4, 0.5) is 18.9 Å². The van der Waals surface area contributed by atoms with Crippen molar-refractivity contribution in [2.75, 3.05) is 5.75 Å². The Kier molecular flexibility index (Phi) is 5.44. The molecule has 3 rings (SSSR count). The van der Waals surface area contributed by atoms with Crippen LogP contribution in [-0.2, 0) is 15.4 Å². The Morgan fingerprint density at radius 2 is 1.94 bits per heavy atom. The van der Waals surface area contributed by atoms with Crippen LogP contribution >= 0.6 is 0 Å².